The summed E-state index contributed by atoms with van der Waals surface area (Å²) < 4.78 is 5.77. The Bertz CT molecular complexity index is 968. The van der Waals surface area contributed by atoms with Crippen LogP contribution in [0.25, 0.3) is 10.8 Å². The average Bonchev–Trinajstić information content (AvgIpc) is 2.64. The van der Waals surface area contributed by atoms with Crippen molar-refractivity contribution in [1.82, 2.24) is 0 Å². The molecule has 1 unspecified atom stereocenters. The molecule has 0 aromatic heterocycles. The normalized spacial score (nSPS) is 15.8. The molecule has 0 bridgehead atoms. The molecule has 148 valence electrons. The van der Waals surface area contributed by atoms with Crippen LogP contribution in [0.15, 0.2) is 42.0 Å². The molecule has 2 aromatic rings. The van der Waals surface area contributed by atoms with Gasteiger partial charge in [-0.1, -0.05) is 29.8 Å². The number of carbonyl (C=O) groups excluding carboxylic acids is 1. The molecule has 1 N–H and O–H groups in total. The first-order chi connectivity index (χ1) is 13.3. The highest BCUT2D eigenvalue weighted by atomic mass is 35.5. The van der Waals surface area contributed by atoms with E-state index >= 15 is 0 Å². The third-order valence-corrected chi connectivity index (χ3v) is 5.61. The van der Waals surface area contributed by atoms with Gasteiger partial charge >= 0.3 is 5.97 Å². The molecule has 1 aliphatic rings. The van der Waals surface area contributed by atoms with Crippen molar-refractivity contribution in [3.63, 3.8) is 0 Å². The predicted molar refractivity (Wildman–Crippen MR) is 115 cm³/mol. The van der Waals surface area contributed by atoms with Crippen molar-refractivity contribution >= 4 is 28.3 Å². The second kappa shape index (κ2) is 8.40. The van der Waals surface area contributed by atoms with Crippen molar-refractivity contribution in [2.24, 2.45) is 5.92 Å². The van der Waals surface area contributed by atoms with Gasteiger partial charge in [0.25, 0.3) is 0 Å². The Hall–Kier alpha value is -2.26. The van der Waals surface area contributed by atoms with Gasteiger partial charge in [0.2, 0.25) is 0 Å². The van der Waals surface area contributed by atoms with Gasteiger partial charge in [-0.2, -0.15) is 0 Å². The van der Waals surface area contributed by atoms with Crippen LogP contribution < -0.4 is 4.74 Å². The van der Waals surface area contributed by atoms with Crippen molar-refractivity contribution in [1.29, 1.82) is 0 Å². The Kier molecular flexibility index (Phi) is 6.14. The lowest BCUT2D eigenvalue weighted by Crippen LogP contribution is -2.18. The van der Waals surface area contributed by atoms with E-state index in [1.807, 2.05) is 6.07 Å². The van der Waals surface area contributed by atoms with E-state index in [0.29, 0.717) is 33.0 Å². The highest BCUT2D eigenvalue weighted by molar-refractivity contribution is 6.31. The van der Waals surface area contributed by atoms with Crippen LogP contribution in [-0.4, -0.2) is 11.1 Å². The average molecular weight is 399 g/mol. The molecule has 0 amide bonds. The molecule has 0 aliphatic heterocycles. The van der Waals surface area contributed by atoms with Crippen molar-refractivity contribution in [2.75, 3.05) is 0 Å². The van der Waals surface area contributed by atoms with Crippen LogP contribution >= 0.6 is 11.6 Å². The monoisotopic (exact) mass is 398 g/mol. The Morgan fingerprint density at radius 3 is 2.71 bits per heavy atom. The molecule has 0 heterocycles. The number of halogens is 1. The van der Waals surface area contributed by atoms with Gasteiger partial charge in [-0.3, -0.25) is 0 Å². The lowest BCUT2D eigenvalue weighted by Gasteiger charge is -2.28. The second-order valence-electron chi connectivity index (χ2n) is 7.96. The van der Waals surface area contributed by atoms with Crippen LogP contribution in [0, 0.1) is 5.92 Å². The molecule has 0 saturated carbocycles. The SMILES string of the molecule is C=C(C)C(=O)Oc1c2c(c(O)c3cc(Cl)ccc13)CCC(CCC=C(C)C)C2. The number of fused-ring (bicyclic) bond motifs is 2. The van der Waals surface area contributed by atoms with E-state index < -0.39 is 5.97 Å². The maximum absolute atomic E-state index is 12.3. The van der Waals surface area contributed by atoms with E-state index in [1.165, 1.54) is 5.57 Å². The number of hydrogen-bond donors (Lipinski definition) is 1. The molecular weight excluding hydrogens is 372 g/mol. The Morgan fingerprint density at radius 1 is 1.29 bits per heavy atom. The fraction of sp³-hybridized carbons (Fsp3) is 0.375. The quantitative estimate of drug-likeness (QED) is 0.269. The lowest BCUT2D eigenvalue weighted by molar-refractivity contribution is -0.130. The van der Waals surface area contributed by atoms with Crippen LogP contribution in [0.1, 0.15) is 51.2 Å². The molecule has 3 nitrogen and oxygen atoms in total. The topological polar surface area (TPSA) is 46.5 Å². The van der Waals surface area contributed by atoms with E-state index in [0.717, 1.165) is 43.2 Å². The van der Waals surface area contributed by atoms with E-state index in [1.54, 1.807) is 19.1 Å². The molecular formula is C24H27ClO3. The van der Waals surface area contributed by atoms with Crippen molar-refractivity contribution in [3.8, 4) is 11.5 Å². The van der Waals surface area contributed by atoms with E-state index in [-0.39, 0.29) is 5.75 Å². The van der Waals surface area contributed by atoms with Crippen LogP contribution in [0.2, 0.25) is 5.02 Å². The summed E-state index contributed by atoms with van der Waals surface area (Å²) in [7, 11) is 0. The largest absolute Gasteiger partial charge is 0.507 e. The summed E-state index contributed by atoms with van der Waals surface area (Å²) in [6, 6.07) is 5.29. The fourth-order valence-corrected chi connectivity index (χ4v) is 4.06. The number of hydrogen-bond acceptors (Lipinski definition) is 3. The molecule has 28 heavy (non-hydrogen) atoms. The second-order valence-corrected chi connectivity index (χ2v) is 8.40. The van der Waals surface area contributed by atoms with Gasteiger partial charge in [-0.25, -0.2) is 4.79 Å². The summed E-state index contributed by atoms with van der Waals surface area (Å²) in [6.45, 7) is 9.55. The van der Waals surface area contributed by atoms with Crippen LogP contribution in [-0.2, 0) is 17.6 Å². The van der Waals surface area contributed by atoms with Gasteiger partial charge in [0.15, 0.2) is 0 Å². The zero-order valence-corrected chi connectivity index (χ0v) is 17.5. The first-order valence-electron chi connectivity index (χ1n) is 9.75. The summed E-state index contributed by atoms with van der Waals surface area (Å²) in [5.74, 6) is 0.843. The number of allylic oxidation sites excluding steroid dienone is 2. The molecule has 0 radical (unpaired) electrons. The molecule has 2 aromatic carbocycles. The Labute approximate surface area is 171 Å². The maximum Gasteiger partial charge on any atom is 0.338 e. The zero-order valence-electron chi connectivity index (χ0n) is 16.8. The molecule has 4 heteroatoms. The van der Waals surface area contributed by atoms with Crippen molar-refractivity contribution < 1.29 is 14.6 Å². The van der Waals surface area contributed by atoms with Gasteiger partial charge < -0.3 is 9.84 Å². The number of ether oxygens (including phenoxy) is 1. The van der Waals surface area contributed by atoms with Crippen LogP contribution in [0.5, 0.6) is 11.5 Å². The maximum atomic E-state index is 12.3. The number of benzene rings is 2. The standard InChI is InChI=1S/C24H27ClO3/c1-14(2)6-5-7-16-8-10-18-21(12-16)23(28-24(27)15(3)4)19-11-9-17(25)13-20(19)22(18)26/h6,9,11,13,16,26H,3,5,7-8,10,12H2,1-2,4H3. The minimum Gasteiger partial charge on any atom is -0.507 e. The Morgan fingerprint density at radius 2 is 2.04 bits per heavy atom. The van der Waals surface area contributed by atoms with Crippen LogP contribution in [0.3, 0.4) is 0 Å². The number of phenolic OH excluding ortho intramolecular Hbond substituents is 1. The highest BCUT2D eigenvalue weighted by Gasteiger charge is 2.28. The highest BCUT2D eigenvalue weighted by Crippen LogP contribution is 2.46. The number of esters is 1. The summed E-state index contributed by atoms with van der Waals surface area (Å²) >= 11 is 6.15. The zero-order chi connectivity index (χ0) is 20.4. The minimum atomic E-state index is -0.448. The number of aromatic hydroxyl groups is 1. The third kappa shape index (κ3) is 4.25. The lowest BCUT2D eigenvalue weighted by atomic mass is 9.79. The molecule has 3 rings (SSSR count). The number of rotatable bonds is 5. The first kappa shape index (κ1) is 20.5. The van der Waals surface area contributed by atoms with Crippen molar-refractivity contribution in [3.05, 3.63) is 58.1 Å². The molecule has 1 atom stereocenters. The molecule has 0 saturated heterocycles. The molecule has 0 fully saturated rings. The number of carbonyl (C=O) groups is 1. The number of phenols is 1. The summed E-state index contributed by atoms with van der Waals surface area (Å²) in [5, 5.41) is 12.8. The molecule has 0 spiro atoms. The smallest absolute Gasteiger partial charge is 0.338 e. The fourth-order valence-electron chi connectivity index (χ4n) is 3.89. The van der Waals surface area contributed by atoms with Crippen LogP contribution in [0.4, 0.5) is 0 Å². The first-order valence-corrected chi connectivity index (χ1v) is 10.1. The van der Waals surface area contributed by atoms with Gasteiger partial charge in [0, 0.05) is 32.5 Å². The third-order valence-electron chi connectivity index (χ3n) is 5.37. The van der Waals surface area contributed by atoms with Crippen molar-refractivity contribution in [2.45, 2.75) is 52.9 Å². The van der Waals surface area contributed by atoms with Gasteiger partial charge in [-0.05, 0) is 77.0 Å². The summed E-state index contributed by atoms with van der Waals surface area (Å²) in [4.78, 5) is 12.3. The summed E-state index contributed by atoms with van der Waals surface area (Å²) in [6.07, 6.45) is 6.95. The Balaban J connectivity index is 2.07. The predicted octanol–water partition coefficient (Wildman–Crippen LogP) is 6.53. The van der Waals surface area contributed by atoms with Gasteiger partial charge in [-0.15, -0.1) is 0 Å². The van der Waals surface area contributed by atoms with E-state index in [2.05, 4.69) is 26.5 Å². The minimum absolute atomic E-state index is 0.255. The van der Waals surface area contributed by atoms with E-state index in [9.17, 15) is 9.90 Å². The molecule has 1 aliphatic carbocycles. The summed E-state index contributed by atoms with van der Waals surface area (Å²) in [5.41, 5.74) is 3.49. The van der Waals surface area contributed by atoms with E-state index in [4.69, 9.17) is 16.3 Å². The van der Waals surface area contributed by atoms with Gasteiger partial charge in [0.05, 0.1) is 0 Å². The van der Waals surface area contributed by atoms with Gasteiger partial charge in [0.1, 0.15) is 11.5 Å².